The quantitative estimate of drug-likeness (QED) is 0.101. The third kappa shape index (κ3) is 12.8. The van der Waals surface area contributed by atoms with Gasteiger partial charge in [0.2, 0.25) is 18.6 Å². The molecular formula is C31H44N2O11. The molecule has 3 unspecified atom stereocenters. The molecule has 0 spiro atoms. The van der Waals surface area contributed by atoms with Crippen molar-refractivity contribution in [2.24, 2.45) is 5.41 Å². The van der Waals surface area contributed by atoms with Crippen molar-refractivity contribution in [2.75, 3.05) is 26.3 Å². The molecule has 0 bridgehead atoms. The molecule has 0 saturated carbocycles. The number of rotatable bonds is 17. The number of nitrogens with one attached hydrogen (secondary N) is 1. The minimum atomic E-state index is -1.19. The van der Waals surface area contributed by atoms with Crippen molar-refractivity contribution < 1.29 is 53.1 Å². The number of carbonyl (C=O) groups is 5. The Bertz CT molecular complexity index is 1160. The Morgan fingerprint density at radius 1 is 1.16 bits per heavy atom. The van der Waals surface area contributed by atoms with Crippen LogP contribution in [0.4, 0.5) is 0 Å². The molecule has 3 N–H and O–H groups in total. The van der Waals surface area contributed by atoms with Crippen LogP contribution in [0.1, 0.15) is 64.5 Å². The summed E-state index contributed by atoms with van der Waals surface area (Å²) in [6.07, 6.45) is 1.45. The van der Waals surface area contributed by atoms with Gasteiger partial charge in [-0.05, 0) is 64.3 Å². The van der Waals surface area contributed by atoms with Gasteiger partial charge in [0.05, 0.1) is 18.1 Å². The van der Waals surface area contributed by atoms with E-state index in [2.05, 4.69) is 5.32 Å². The molecule has 13 nitrogen and oxygen atoms in total. The number of carboxylic acids is 1. The van der Waals surface area contributed by atoms with E-state index in [0.717, 1.165) is 10.5 Å². The van der Waals surface area contributed by atoms with Gasteiger partial charge in [-0.2, -0.15) is 0 Å². The summed E-state index contributed by atoms with van der Waals surface area (Å²) in [6, 6.07) is 5.37. The Labute approximate surface area is 257 Å². The van der Waals surface area contributed by atoms with Gasteiger partial charge in [-0.1, -0.05) is 12.1 Å². The summed E-state index contributed by atoms with van der Waals surface area (Å²) in [5, 5.41) is 22.1. The van der Waals surface area contributed by atoms with Crippen molar-refractivity contribution >= 4 is 30.2 Å². The minimum absolute atomic E-state index is 0.0112. The number of amides is 3. The van der Waals surface area contributed by atoms with E-state index in [9.17, 15) is 34.2 Å². The zero-order valence-corrected chi connectivity index (χ0v) is 25.8. The number of aliphatic hydroxyl groups is 1. The predicted octanol–water partition coefficient (Wildman–Crippen LogP) is 2.12. The molecule has 1 heterocycles. The Morgan fingerprint density at radius 2 is 1.91 bits per heavy atom. The molecule has 1 aliphatic rings. The van der Waals surface area contributed by atoms with Gasteiger partial charge >= 0.3 is 11.9 Å². The highest BCUT2D eigenvalue weighted by Crippen LogP contribution is 2.28. The Kier molecular flexibility index (Phi) is 15.0. The van der Waals surface area contributed by atoms with Crippen LogP contribution >= 0.6 is 0 Å². The number of esters is 1. The Morgan fingerprint density at radius 3 is 2.57 bits per heavy atom. The number of nitrogens with zero attached hydrogens (tertiary/aromatic N) is 1. The van der Waals surface area contributed by atoms with Crippen LogP contribution in [-0.4, -0.2) is 90.1 Å². The van der Waals surface area contributed by atoms with Gasteiger partial charge < -0.3 is 34.5 Å². The van der Waals surface area contributed by atoms with Crippen molar-refractivity contribution in [1.29, 1.82) is 0 Å². The van der Waals surface area contributed by atoms with Gasteiger partial charge in [0.15, 0.2) is 6.10 Å². The topological polar surface area (TPSA) is 178 Å². The van der Waals surface area contributed by atoms with E-state index in [1.807, 2.05) is 12.1 Å². The number of aliphatic carboxylic acids is 1. The van der Waals surface area contributed by atoms with Crippen LogP contribution in [0.3, 0.4) is 0 Å². The van der Waals surface area contributed by atoms with Crippen LogP contribution in [0.2, 0.25) is 0 Å². The molecule has 3 amide bonds. The first-order chi connectivity index (χ1) is 20.8. The van der Waals surface area contributed by atoms with E-state index in [0.29, 0.717) is 37.2 Å². The highest BCUT2D eigenvalue weighted by atomic mass is 16.7. The van der Waals surface area contributed by atoms with E-state index >= 15 is 0 Å². The van der Waals surface area contributed by atoms with Crippen LogP contribution in [0.25, 0.3) is 0 Å². The van der Waals surface area contributed by atoms with Crippen LogP contribution in [-0.2, 0) is 51.2 Å². The molecule has 244 valence electrons. The van der Waals surface area contributed by atoms with Crippen LogP contribution < -0.4 is 10.1 Å². The van der Waals surface area contributed by atoms with E-state index in [1.165, 1.54) is 12.2 Å². The second-order valence-corrected chi connectivity index (χ2v) is 11.4. The van der Waals surface area contributed by atoms with E-state index in [-0.39, 0.29) is 51.5 Å². The monoisotopic (exact) mass is 620 g/mol. The van der Waals surface area contributed by atoms with Gasteiger partial charge in [0, 0.05) is 44.5 Å². The van der Waals surface area contributed by atoms with Gasteiger partial charge in [0.1, 0.15) is 12.4 Å². The highest BCUT2D eigenvalue weighted by molar-refractivity contribution is 5.94. The fourth-order valence-corrected chi connectivity index (χ4v) is 4.12. The molecule has 1 aromatic rings. The maximum absolute atomic E-state index is 12.4. The fraction of sp³-hybridized carbons (Fsp3) is 0.581. The lowest BCUT2D eigenvalue weighted by Gasteiger charge is -2.31. The summed E-state index contributed by atoms with van der Waals surface area (Å²) in [5.74, 6) is -2.01. The molecule has 13 heteroatoms. The molecule has 0 radical (unpaired) electrons. The summed E-state index contributed by atoms with van der Waals surface area (Å²) in [4.78, 5) is 59.4. The maximum Gasteiger partial charge on any atom is 0.333 e. The lowest BCUT2D eigenvalue weighted by molar-refractivity contribution is -0.195. The zero-order valence-electron chi connectivity index (χ0n) is 25.8. The van der Waals surface area contributed by atoms with Crippen LogP contribution in [0, 0.1) is 5.41 Å². The maximum atomic E-state index is 12.4. The number of benzene rings is 1. The molecule has 3 atom stereocenters. The number of carbonyl (C=O) groups excluding carboxylic acids is 4. The number of allylic oxidation sites excluding steroid dienone is 1. The number of aryl methyl sites for hydroxylation is 1. The van der Waals surface area contributed by atoms with Gasteiger partial charge in [-0.25, -0.2) is 4.79 Å². The molecule has 1 saturated heterocycles. The highest BCUT2D eigenvalue weighted by Gasteiger charge is 2.34. The van der Waals surface area contributed by atoms with Gasteiger partial charge in [-0.15, -0.1) is 0 Å². The molecule has 2 rings (SSSR count). The molecule has 0 aromatic heterocycles. The molecular weight excluding hydrogens is 576 g/mol. The van der Waals surface area contributed by atoms with Crippen molar-refractivity contribution in [3.63, 3.8) is 0 Å². The average molecular weight is 621 g/mol. The molecule has 1 aliphatic heterocycles. The standard InChI is InChI=1S/C31H44N2O11/c1-5-7-27(37)33(20-34)13-11-26(36)32-12-15-41-14-6-8-21-9-10-24(22(16-21)19-42-30(40)31(2,3)4)43-28-18-23(35)17-25(44-28)29(38)39/h5,7,9-10,16,20,23,25,28,35H,6,8,11-15,17-19H2,1-4H3,(H,32,36)(H,38,39)/b7-5-. The van der Waals surface area contributed by atoms with E-state index in [1.54, 1.807) is 33.8 Å². The number of carboxylic acid groups (broad SMARTS) is 1. The first-order valence-corrected chi connectivity index (χ1v) is 14.6. The van der Waals surface area contributed by atoms with Gasteiger partial charge in [-0.3, -0.25) is 24.1 Å². The second-order valence-electron chi connectivity index (χ2n) is 11.4. The van der Waals surface area contributed by atoms with Crippen molar-refractivity contribution in [3.05, 3.63) is 41.5 Å². The third-order valence-corrected chi connectivity index (χ3v) is 6.52. The summed E-state index contributed by atoms with van der Waals surface area (Å²) in [5.41, 5.74) is 0.790. The molecule has 1 aromatic carbocycles. The fourth-order valence-electron chi connectivity index (χ4n) is 4.12. The average Bonchev–Trinajstić information content (AvgIpc) is 2.96. The summed E-state index contributed by atoms with van der Waals surface area (Å²) >= 11 is 0. The first kappa shape index (κ1) is 36.4. The predicted molar refractivity (Wildman–Crippen MR) is 157 cm³/mol. The largest absolute Gasteiger partial charge is 0.479 e. The second kappa shape index (κ2) is 18.1. The summed E-state index contributed by atoms with van der Waals surface area (Å²) in [7, 11) is 0. The van der Waals surface area contributed by atoms with Crippen molar-refractivity contribution in [3.8, 4) is 5.75 Å². The van der Waals surface area contributed by atoms with Crippen LogP contribution in [0.15, 0.2) is 30.4 Å². The number of hydrogen-bond donors (Lipinski definition) is 3. The summed E-state index contributed by atoms with van der Waals surface area (Å²) in [6.45, 7) is 7.79. The minimum Gasteiger partial charge on any atom is -0.479 e. The van der Waals surface area contributed by atoms with Crippen LogP contribution in [0.5, 0.6) is 5.75 Å². The van der Waals surface area contributed by atoms with Crippen molar-refractivity contribution in [2.45, 2.75) is 84.9 Å². The third-order valence-electron chi connectivity index (χ3n) is 6.52. The van der Waals surface area contributed by atoms with Crippen molar-refractivity contribution in [1.82, 2.24) is 10.2 Å². The number of aliphatic hydroxyl groups excluding tert-OH is 1. The SMILES string of the molecule is C/C=C\C(=O)N(C=O)CCC(=O)NCCOCCCc1ccc(OC2CC(O)CC(C(=O)O)O2)c(COC(=O)C(C)(C)C)c1. The molecule has 44 heavy (non-hydrogen) atoms. The normalized spacial score (nSPS) is 18.4. The smallest absolute Gasteiger partial charge is 0.333 e. The lowest BCUT2D eigenvalue weighted by Crippen LogP contribution is -2.42. The first-order valence-electron chi connectivity index (χ1n) is 14.6. The zero-order chi connectivity index (χ0) is 32.7. The lowest BCUT2D eigenvalue weighted by atomic mass is 9.97. The van der Waals surface area contributed by atoms with E-state index in [4.69, 9.17) is 18.9 Å². The Balaban J connectivity index is 1.86. The molecule has 1 fully saturated rings. The molecule has 0 aliphatic carbocycles. The number of ether oxygens (including phenoxy) is 4. The number of imide groups is 1. The van der Waals surface area contributed by atoms with Gasteiger partial charge in [0.25, 0.3) is 5.91 Å². The summed E-state index contributed by atoms with van der Waals surface area (Å²) < 4.78 is 22.5. The number of hydrogen-bond acceptors (Lipinski definition) is 10. The Hall–Kier alpha value is -3.81. The van der Waals surface area contributed by atoms with E-state index < -0.39 is 41.8 Å².